The number of hydrogen-bond acceptors (Lipinski definition) is 5. The van der Waals surface area contributed by atoms with Gasteiger partial charge in [0.25, 0.3) is 5.91 Å². The minimum absolute atomic E-state index is 0.140. The first-order chi connectivity index (χ1) is 13.1. The van der Waals surface area contributed by atoms with Gasteiger partial charge in [0.15, 0.2) is 5.82 Å². The van der Waals surface area contributed by atoms with E-state index < -0.39 is 5.54 Å². The highest BCUT2D eigenvalue weighted by molar-refractivity contribution is 5.94. The SMILES string of the molecule is NC1(c2noc(CC(NC(=O)c3ccccc3)c3ccccc3)n2)CCC1. The molecule has 1 amide bonds. The molecule has 6 nitrogen and oxygen atoms in total. The minimum atomic E-state index is -0.461. The Bertz CT molecular complexity index is 904. The van der Waals surface area contributed by atoms with Crippen LogP contribution in [0.5, 0.6) is 0 Å². The second-order valence-corrected chi connectivity index (χ2v) is 7.03. The van der Waals surface area contributed by atoms with Crippen LogP contribution in [0.15, 0.2) is 65.2 Å². The summed E-state index contributed by atoms with van der Waals surface area (Å²) in [5, 5.41) is 7.15. The molecule has 138 valence electrons. The van der Waals surface area contributed by atoms with Crippen molar-refractivity contribution in [3.8, 4) is 0 Å². The fourth-order valence-corrected chi connectivity index (χ4v) is 3.26. The van der Waals surface area contributed by atoms with Gasteiger partial charge in [-0.05, 0) is 37.0 Å². The molecule has 1 atom stereocenters. The van der Waals surface area contributed by atoms with Crippen LogP contribution in [-0.2, 0) is 12.0 Å². The molecular formula is C21H22N4O2. The second-order valence-electron chi connectivity index (χ2n) is 7.03. The summed E-state index contributed by atoms with van der Waals surface area (Å²) in [5.41, 5.74) is 7.41. The molecule has 0 saturated heterocycles. The lowest BCUT2D eigenvalue weighted by Gasteiger charge is -2.34. The van der Waals surface area contributed by atoms with Gasteiger partial charge < -0.3 is 15.6 Å². The highest BCUT2D eigenvalue weighted by Gasteiger charge is 2.39. The van der Waals surface area contributed by atoms with Gasteiger partial charge in [0, 0.05) is 5.56 Å². The van der Waals surface area contributed by atoms with Crippen LogP contribution in [0.25, 0.3) is 0 Å². The van der Waals surface area contributed by atoms with E-state index in [1.54, 1.807) is 12.1 Å². The minimum Gasteiger partial charge on any atom is -0.345 e. The van der Waals surface area contributed by atoms with E-state index in [0.29, 0.717) is 23.7 Å². The molecule has 1 heterocycles. The molecule has 0 aliphatic heterocycles. The van der Waals surface area contributed by atoms with E-state index >= 15 is 0 Å². The van der Waals surface area contributed by atoms with Crippen LogP contribution in [0.2, 0.25) is 0 Å². The van der Waals surface area contributed by atoms with E-state index in [1.165, 1.54) is 0 Å². The van der Waals surface area contributed by atoms with Crippen LogP contribution in [0.3, 0.4) is 0 Å². The van der Waals surface area contributed by atoms with Gasteiger partial charge in [0.1, 0.15) is 0 Å². The highest BCUT2D eigenvalue weighted by Crippen LogP contribution is 2.37. The summed E-state index contributed by atoms with van der Waals surface area (Å²) in [6.45, 7) is 0. The predicted octanol–water partition coefficient (Wildman–Crippen LogP) is 3.12. The van der Waals surface area contributed by atoms with Gasteiger partial charge in [0.05, 0.1) is 18.0 Å². The van der Waals surface area contributed by atoms with Gasteiger partial charge in [0.2, 0.25) is 5.89 Å². The Kier molecular flexibility index (Phi) is 4.73. The Morgan fingerprint density at radius 1 is 1.11 bits per heavy atom. The quantitative estimate of drug-likeness (QED) is 0.703. The molecule has 1 aromatic heterocycles. The maximum atomic E-state index is 12.6. The Morgan fingerprint density at radius 3 is 2.41 bits per heavy atom. The molecule has 0 spiro atoms. The third-order valence-corrected chi connectivity index (χ3v) is 5.08. The molecule has 3 aromatic rings. The summed E-state index contributed by atoms with van der Waals surface area (Å²) >= 11 is 0. The molecule has 0 bridgehead atoms. The molecule has 27 heavy (non-hydrogen) atoms. The standard InChI is InChI=1S/C21H22N4O2/c22-21(12-7-13-21)20-24-18(27-25-20)14-17(15-8-3-1-4-9-15)23-19(26)16-10-5-2-6-11-16/h1-6,8-11,17H,7,12-14,22H2,(H,23,26). The molecule has 1 unspecified atom stereocenters. The lowest BCUT2D eigenvalue weighted by Crippen LogP contribution is -2.44. The zero-order chi connectivity index (χ0) is 18.7. The summed E-state index contributed by atoms with van der Waals surface area (Å²) in [5.74, 6) is 0.896. The van der Waals surface area contributed by atoms with Crippen molar-refractivity contribution in [2.75, 3.05) is 0 Å². The Morgan fingerprint density at radius 2 is 1.78 bits per heavy atom. The molecule has 1 saturated carbocycles. The van der Waals surface area contributed by atoms with E-state index in [2.05, 4.69) is 15.5 Å². The summed E-state index contributed by atoms with van der Waals surface area (Å²) in [6, 6.07) is 18.7. The van der Waals surface area contributed by atoms with Gasteiger partial charge in [-0.2, -0.15) is 4.98 Å². The summed E-state index contributed by atoms with van der Waals surface area (Å²) in [4.78, 5) is 17.1. The molecule has 4 rings (SSSR count). The normalized spacial score (nSPS) is 16.3. The molecule has 1 aliphatic rings. The molecular weight excluding hydrogens is 340 g/mol. The lowest BCUT2D eigenvalue weighted by molar-refractivity contribution is 0.0935. The first-order valence-corrected chi connectivity index (χ1v) is 9.17. The fraction of sp³-hybridized carbons (Fsp3) is 0.286. The van der Waals surface area contributed by atoms with Crippen molar-refractivity contribution in [3.05, 3.63) is 83.5 Å². The largest absolute Gasteiger partial charge is 0.345 e. The number of aromatic nitrogens is 2. The summed E-state index contributed by atoms with van der Waals surface area (Å²) in [6.07, 6.45) is 3.24. The number of rotatable bonds is 6. The Balaban J connectivity index is 1.54. The van der Waals surface area contributed by atoms with E-state index in [9.17, 15) is 4.79 Å². The first-order valence-electron chi connectivity index (χ1n) is 9.17. The third-order valence-electron chi connectivity index (χ3n) is 5.08. The van der Waals surface area contributed by atoms with Gasteiger partial charge >= 0.3 is 0 Å². The molecule has 0 radical (unpaired) electrons. The number of nitrogens with zero attached hydrogens (tertiary/aromatic N) is 2. The van der Waals surface area contributed by atoms with Crippen LogP contribution in [0.4, 0.5) is 0 Å². The molecule has 2 aromatic carbocycles. The van der Waals surface area contributed by atoms with Crippen LogP contribution in [0, 0.1) is 0 Å². The average Bonchev–Trinajstić information content (AvgIpc) is 3.16. The van der Waals surface area contributed by atoms with Crippen molar-refractivity contribution in [2.45, 2.75) is 37.3 Å². The number of carbonyl (C=O) groups excluding carboxylic acids is 1. The topological polar surface area (TPSA) is 94.0 Å². The monoisotopic (exact) mass is 362 g/mol. The van der Waals surface area contributed by atoms with Crippen molar-refractivity contribution in [1.29, 1.82) is 0 Å². The molecule has 1 fully saturated rings. The zero-order valence-electron chi connectivity index (χ0n) is 15.0. The molecule has 1 aliphatic carbocycles. The Hall–Kier alpha value is -2.99. The second kappa shape index (κ2) is 7.32. The van der Waals surface area contributed by atoms with Gasteiger partial charge in [-0.15, -0.1) is 0 Å². The molecule has 6 heteroatoms. The maximum Gasteiger partial charge on any atom is 0.251 e. The number of nitrogens with two attached hydrogens (primary N) is 1. The predicted molar refractivity (Wildman–Crippen MR) is 101 cm³/mol. The summed E-state index contributed by atoms with van der Waals surface area (Å²) in [7, 11) is 0. The van der Waals surface area contributed by atoms with E-state index in [1.807, 2.05) is 48.5 Å². The van der Waals surface area contributed by atoms with Gasteiger partial charge in [-0.25, -0.2) is 0 Å². The van der Waals surface area contributed by atoms with Crippen molar-refractivity contribution < 1.29 is 9.32 Å². The number of amides is 1. The summed E-state index contributed by atoms with van der Waals surface area (Å²) < 4.78 is 5.43. The van der Waals surface area contributed by atoms with Gasteiger partial charge in [-0.1, -0.05) is 53.7 Å². The number of carbonyl (C=O) groups is 1. The van der Waals surface area contributed by atoms with Crippen molar-refractivity contribution >= 4 is 5.91 Å². The highest BCUT2D eigenvalue weighted by atomic mass is 16.5. The lowest BCUT2D eigenvalue weighted by atomic mass is 9.77. The van der Waals surface area contributed by atoms with Crippen LogP contribution < -0.4 is 11.1 Å². The Labute approximate surface area is 157 Å². The fourth-order valence-electron chi connectivity index (χ4n) is 3.26. The van der Waals surface area contributed by atoms with E-state index in [4.69, 9.17) is 10.3 Å². The van der Waals surface area contributed by atoms with Crippen molar-refractivity contribution in [1.82, 2.24) is 15.5 Å². The maximum absolute atomic E-state index is 12.6. The molecule has 3 N–H and O–H groups in total. The van der Waals surface area contributed by atoms with Crippen LogP contribution in [-0.4, -0.2) is 16.0 Å². The van der Waals surface area contributed by atoms with Crippen LogP contribution in [0.1, 0.15) is 52.9 Å². The smallest absolute Gasteiger partial charge is 0.251 e. The number of hydrogen-bond donors (Lipinski definition) is 2. The van der Waals surface area contributed by atoms with E-state index in [-0.39, 0.29) is 11.9 Å². The van der Waals surface area contributed by atoms with E-state index in [0.717, 1.165) is 24.8 Å². The average molecular weight is 362 g/mol. The third kappa shape index (κ3) is 3.75. The number of benzene rings is 2. The van der Waals surface area contributed by atoms with Gasteiger partial charge in [-0.3, -0.25) is 4.79 Å². The zero-order valence-corrected chi connectivity index (χ0v) is 15.0. The first kappa shape index (κ1) is 17.4. The van der Waals surface area contributed by atoms with Crippen LogP contribution >= 0.6 is 0 Å². The van der Waals surface area contributed by atoms with Crippen molar-refractivity contribution in [3.63, 3.8) is 0 Å². The number of nitrogens with one attached hydrogen (secondary N) is 1. The van der Waals surface area contributed by atoms with Crippen molar-refractivity contribution in [2.24, 2.45) is 5.73 Å².